The molecular formula is C15H25N3O. The van der Waals surface area contributed by atoms with Crippen molar-refractivity contribution in [3.63, 3.8) is 0 Å². The van der Waals surface area contributed by atoms with Gasteiger partial charge in [0.2, 0.25) is 0 Å². The van der Waals surface area contributed by atoms with E-state index in [0.29, 0.717) is 5.76 Å². The number of hydrogen-bond donors (Lipinski definition) is 2. The topological polar surface area (TPSA) is 61.8 Å². The molecule has 1 aliphatic carbocycles. The molecule has 1 aliphatic heterocycles. The lowest BCUT2D eigenvalue weighted by Gasteiger charge is -2.31. The number of aliphatic hydroxyl groups excluding tert-OH is 1. The van der Waals surface area contributed by atoms with Crippen LogP contribution in [0.2, 0.25) is 0 Å². The van der Waals surface area contributed by atoms with Gasteiger partial charge >= 0.3 is 0 Å². The predicted molar refractivity (Wildman–Crippen MR) is 78.8 cm³/mol. The molecule has 3 N–H and O–H groups in total. The molecule has 4 nitrogen and oxygen atoms in total. The third-order valence-electron chi connectivity index (χ3n) is 4.03. The zero-order valence-electron chi connectivity index (χ0n) is 11.8. The molecule has 0 radical (unpaired) electrons. The third kappa shape index (κ3) is 4.01. The van der Waals surface area contributed by atoms with E-state index < -0.39 is 0 Å². The molecule has 1 unspecified atom stereocenters. The number of aliphatic hydroxyl groups is 1. The number of aliphatic imine (C=N–C) groups is 1. The van der Waals surface area contributed by atoms with Crippen LogP contribution in [0.4, 0.5) is 0 Å². The number of rotatable bonds is 7. The van der Waals surface area contributed by atoms with Gasteiger partial charge in [-0.1, -0.05) is 38.5 Å². The molecule has 0 amide bonds. The molecule has 1 saturated carbocycles. The highest BCUT2D eigenvalue weighted by Crippen LogP contribution is 2.34. The van der Waals surface area contributed by atoms with Crippen molar-refractivity contribution in [2.45, 2.75) is 51.0 Å². The second-order valence-electron chi connectivity index (χ2n) is 5.61. The fourth-order valence-electron chi connectivity index (χ4n) is 2.61. The average Bonchev–Trinajstić information content (AvgIpc) is 3.20. The second kappa shape index (κ2) is 6.64. The van der Waals surface area contributed by atoms with E-state index in [1.165, 1.54) is 38.3 Å². The lowest BCUT2D eigenvalue weighted by atomic mass is 10.0. The Kier molecular flexibility index (Phi) is 4.88. The van der Waals surface area contributed by atoms with Crippen LogP contribution in [0.1, 0.15) is 44.9 Å². The van der Waals surface area contributed by atoms with Crippen LogP contribution >= 0.6 is 0 Å². The van der Waals surface area contributed by atoms with E-state index in [0.717, 1.165) is 24.6 Å². The number of hydrogen-bond acceptors (Lipinski definition) is 4. The maximum Gasteiger partial charge on any atom is 0.133 e. The lowest BCUT2D eigenvalue weighted by molar-refractivity contribution is 0.258. The molecule has 1 fully saturated rings. The Labute approximate surface area is 115 Å². The number of unbranched alkanes of at least 4 members (excludes halogenated alkanes) is 2. The molecule has 19 heavy (non-hydrogen) atoms. The summed E-state index contributed by atoms with van der Waals surface area (Å²) in [5, 5.41) is 9.94. The summed E-state index contributed by atoms with van der Waals surface area (Å²) in [7, 11) is 1.96. The van der Waals surface area contributed by atoms with Gasteiger partial charge in [-0.15, -0.1) is 0 Å². The van der Waals surface area contributed by atoms with Gasteiger partial charge in [-0.3, -0.25) is 0 Å². The van der Waals surface area contributed by atoms with Crippen LogP contribution in [-0.2, 0) is 0 Å². The summed E-state index contributed by atoms with van der Waals surface area (Å²) in [6, 6.07) is 0.0459. The van der Waals surface area contributed by atoms with Crippen LogP contribution in [0.15, 0.2) is 29.2 Å². The first-order valence-corrected chi connectivity index (χ1v) is 7.30. The number of likely N-dealkylation sites (N-methyl/N-ethyl adjacent to an activating group) is 1. The molecule has 4 heteroatoms. The quantitative estimate of drug-likeness (QED) is 0.694. The number of nitrogens with two attached hydrogens (primary N) is 1. The maximum absolute atomic E-state index is 9.94. The predicted octanol–water partition coefficient (Wildman–Crippen LogP) is 2.93. The molecule has 0 spiro atoms. The molecule has 0 bridgehead atoms. The molecule has 1 heterocycles. The van der Waals surface area contributed by atoms with Crippen LogP contribution in [0.3, 0.4) is 0 Å². The van der Waals surface area contributed by atoms with Crippen LogP contribution in [0.5, 0.6) is 0 Å². The van der Waals surface area contributed by atoms with E-state index in [4.69, 9.17) is 5.73 Å². The van der Waals surface area contributed by atoms with Crippen LogP contribution in [0, 0.1) is 5.92 Å². The smallest absolute Gasteiger partial charge is 0.133 e. The summed E-state index contributed by atoms with van der Waals surface area (Å²) in [6.45, 7) is 0. The van der Waals surface area contributed by atoms with E-state index in [1.807, 2.05) is 11.9 Å². The fraction of sp³-hybridized carbons (Fsp3) is 0.667. The van der Waals surface area contributed by atoms with Gasteiger partial charge in [0.05, 0.1) is 12.2 Å². The van der Waals surface area contributed by atoms with E-state index in [1.54, 1.807) is 12.3 Å². The van der Waals surface area contributed by atoms with Crippen molar-refractivity contribution in [1.82, 2.24) is 4.90 Å². The summed E-state index contributed by atoms with van der Waals surface area (Å²) in [4.78, 5) is 6.17. The third-order valence-corrected chi connectivity index (χ3v) is 4.03. The minimum absolute atomic E-state index is 0.0459. The molecule has 0 saturated heterocycles. The van der Waals surface area contributed by atoms with Gasteiger partial charge in [0, 0.05) is 7.05 Å². The van der Waals surface area contributed by atoms with Crippen molar-refractivity contribution in [1.29, 1.82) is 0 Å². The Morgan fingerprint density at radius 3 is 2.79 bits per heavy atom. The summed E-state index contributed by atoms with van der Waals surface area (Å²) < 4.78 is 0. The molecule has 2 aliphatic rings. The molecule has 0 aromatic rings. The van der Waals surface area contributed by atoms with Crippen molar-refractivity contribution >= 4 is 5.84 Å². The zero-order chi connectivity index (χ0) is 13.7. The van der Waals surface area contributed by atoms with Gasteiger partial charge in [0.15, 0.2) is 0 Å². The fourth-order valence-corrected chi connectivity index (χ4v) is 2.61. The summed E-state index contributed by atoms with van der Waals surface area (Å²) in [5.41, 5.74) is 5.40. The first-order chi connectivity index (χ1) is 9.22. The minimum atomic E-state index is 0.0459. The highest BCUT2D eigenvalue weighted by Gasteiger charge is 2.24. The molecule has 1 atom stereocenters. The molecule has 2 rings (SSSR count). The Bertz CT molecular complexity index is 383. The van der Waals surface area contributed by atoms with Crippen molar-refractivity contribution < 1.29 is 5.11 Å². The molecule has 0 aromatic carbocycles. The maximum atomic E-state index is 9.94. The Balaban J connectivity index is 1.75. The standard InChI is InChI=1S/C15H25N3O/c1-18-13(6-4-2-3-5-12-7-8-12)14(19)11-17-15(18)9-10-16/h9-13,19H,2-8,16H2,1H3. The minimum Gasteiger partial charge on any atom is -0.508 e. The highest BCUT2D eigenvalue weighted by molar-refractivity contribution is 5.94. The van der Waals surface area contributed by atoms with Gasteiger partial charge in [-0.05, 0) is 24.6 Å². The zero-order valence-corrected chi connectivity index (χ0v) is 11.8. The van der Waals surface area contributed by atoms with Crippen LogP contribution in [0.25, 0.3) is 0 Å². The van der Waals surface area contributed by atoms with E-state index in [-0.39, 0.29) is 6.04 Å². The first kappa shape index (κ1) is 14.0. The molecule has 106 valence electrons. The van der Waals surface area contributed by atoms with Crippen LogP contribution in [-0.4, -0.2) is 28.9 Å². The Hall–Kier alpha value is -1.45. The average molecular weight is 263 g/mol. The van der Waals surface area contributed by atoms with E-state index in [9.17, 15) is 5.11 Å². The van der Waals surface area contributed by atoms with E-state index in [2.05, 4.69) is 4.99 Å². The van der Waals surface area contributed by atoms with Gasteiger partial charge in [0.25, 0.3) is 0 Å². The van der Waals surface area contributed by atoms with E-state index >= 15 is 0 Å². The number of amidine groups is 1. The largest absolute Gasteiger partial charge is 0.508 e. The van der Waals surface area contributed by atoms with Gasteiger partial charge in [0.1, 0.15) is 11.6 Å². The lowest BCUT2D eigenvalue weighted by Crippen LogP contribution is -2.39. The second-order valence-corrected chi connectivity index (χ2v) is 5.61. The van der Waals surface area contributed by atoms with Crippen molar-refractivity contribution in [2.24, 2.45) is 16.6 Å². The monoisotopic (exact) mass is 263 g/mol. The summed E-state index contributed by atoms with van der Waals surface area (Å²) >= 11 is 0. The van der Waals surface area contributed by atoms with Gasteiger partial charge in [-0.2, -0.15) is 0 Å². The normalized spacial score (nSPS) is 23.6. The van der Waals surface area contributed by atoms with Crippen molar-refractivity contribution in [2.75, 3.05) is 7.05 Å². The van der Waals surface area contributed by atoms with Gasteiger partial charge < -0.3 is 15.7 Å². The van der Waals surface area contributed by atoms with Gasteiger partial charge in [-0.25, -0.2) is 4.99 Å². The number of nitrogens with zero attached hydrogens (tertiary/aromatic N) is 2. The van der Waals surface area contributed by atoms with Crippen LogP contribution < -0.4 is 5.73 Å². The van der Waals surface area contributed by atoms with Crippen molar-refractivity contribution in [3.8, 4) is 0 Å². The Morgan fingerprint density at radius 2 is 2.11 bits per heavy atom. The SMILES string of the molecule is CN1C(C=CN)=NC=C(O)C1CCCCCC1CC1. The molecular weight excluding hydrogens is 238 g/mol. The Morgan fingerprint density at radius 1 is 1.37 bits per heavy atom. The highest BCUT2D eigenvalue weighted by atomic mass is 16.3. The van der Waals surface area contributed by atoms with Crippen molar-refractivity contribution in [3.05, 3.63) is 24.2 Å². The summed E-state index contributed by atoms with van der Waals surface area (Å²) in [6.07, 6.45) is 13.8. The first-order valence-electron chi connectivity index (χ1n) is 7.30. The summed E-state index contributed by atoms with van der Waals surface area (Å²) in [5.74, 6) is 2.20. The molecule has 0 aromatic heterocycles.